The van der Waals surface area contributed by atoms with Crippen molar-refractivity contribution < 1.29 is 0 Å². The third-order valence-electron chi connectivity index (χ3n) is 1.95. The number of rotatable bonds is 3. The minimum Gasteiger partial charge on any atom is -0.368 e. The van der Waals surface area contributed by atoms with E-state index in [4.69, 9.17) is 5.73 Å². The minimum atomic E-state index is 0.372. The van der Waals surface area contributed by atoms with Gasteiger partial charge < -0.3 is 5.73 Å². The summed E-state index contributed by atoms with van der Waals surface area (Å²) < 4.78 is 1.81. The Morgan fingerprint density at radius 1 is 1.36 bits per heavy atom. The van der Waals surface area contributed by atoms with E-state index in [0.29, 0.717) is 11.4 Å². The molecular formula is C9H18N4S. The van der Waals surface area contributed by atoms with Crippen molar-refractivity contribution >= 4 is 17.7 Å². The normalized spacial score (nSPS) is 12.0. The van der Waals surface area contributed by atoms with Gasteiger partial charge >= 0.3 is 0 Å². The molecule has 2 N–H and O–H groups in total. The summed E-state index contributed by atoms with van der Waals surface area (Å²) in [7, 11) is 1.88. The zero-order valence-electron chi connectivity index (χ0n) is 9.24. The van der Waals surface area contributed by atoms with Crippen molar-refractivity contribution in [1.82, 2.24) is 14.8 Å². The first-order chi connectivity index (χ1) is 6.40. The van der Waals surface area contributed by atoms with E-state index in [9.17, 15) is 0 Å². The Labute approximate surface area is 89.3 Å². The first-order valence-corrected chi connectivity index (χ1v) is 5.66. The quantitative estimate of drug-likeness (QED) is 0.781. The summed E-state index contributed by atoms with van der Waals surface area (Å²) >= 11 is 1.70. The Kier molecular flexibility index (Phi) is 3.42. The summed E-state index contributed by atoms with van der Waals surface area (Å²) in [5, 5.41) is 8.68. The predicted molar refractivity (Wildman–Crippen MR) is 60.2 cm³/mol. The van der Waals surface area contributed by atoms with E-state index in [0.717, 1.165) is 17.3 Å². The molecule has 0 fully saturated rings. The van der Waals surface area contributed by atoms with E-state index >= 15 is 0 Å². The smallest absolute Gasteiger partial charge is 0.222 e. The van der Waals surface area contributed by atoms with Gasteiger partial charge in [-0.25, -0.2) is 0 Å². The van der Waals surface area contributed by atoms with Crippen LogP contribution in [0.2, 0.25) is 0 Å². The van der Waals surface area contributed by atoms with Gasteiger partial charge in [-0.3, -0.25) is 4.57 Å². The van der Waals surface area contributed by atoms with Crippen LogP contribution < -0.4 is 5.73 Å². The SMILES string of the molecule is Cn1c(N)nnc1SCCC(C)(C)C. The van der Waals surface area contributed by atoms with Crippen LogP contribution in [0, 0.1) is 5.41 Å². The van der Waals surface area contributed by atoms with Gasteiger partial charge in [0.25, 0.3) is 0 Å². The Morgan fingerprint density at radius 3 is 2.43 bits per heavy atom. The number of aromatic nitrogens is 3. The van der Waals surface area contributed by atoms with Crippen LogP contribution >= 0.6 is 11.8 Å². The van der Waals surface area contributed by atoms with E-state index < -0.39 is 0 Å². The molecule has 1 heterocycles. The van der Waals surface area contributed by atoms with Gasteiger partial charge in [-0.1, -0.05) is 32.5 Å². The molecule has 0 unspecified atom stereocenters. The molecule has 4 nitrogen and oxygen atoms in total. The Morgan fingerprint density at radius 2 is 2.00 bits per heavy atom. The highest BCUT2D eigenvalue weighted by atomic mass is 32.2. The van der Waals surface area contributed by atoms with Crippen molar-refractivity contribution in [1.29, 1.82) is 0 Å². The van der Waals surface area contributed by atoms with Crippen molar-refractivity contribution in [3.63, 3.8) is 0 Å². The lowest BCUT2D eigenvalue weighted by atomic mass is 9.94. The average molecular weight is 214 g/mol. The maximum atomic E-state index is 5.57. The molecule has 1 aromatic rings. The first kappa shape index (κ1) is 11.4. The van der Waals surface area contributed by atoms with E-state index in [-0.39, 0.29) is 0 Å². The van der Waals surface area contributed by atoms with Gasteiger partial charge in [0.2, 0.25) is 5.95 Å². The molecule has 14 heavy (non-hydrogen) atoms. The van der Waals surface area contributed by atoms with Gasteiger partial charge in [0, 0.05) is 12.8 Å². The highest BCUT2D eigenvalue weighted by molar-refractivity contribution is 7.99. The van der Waals surface area contributed by atoms with Crippen molar-refractivity contribution in [2.45, 2.75) is 32.3 Å². The molecule has 0 saturated heterocycles. The summed E-state index contributed by atoms with van der Waals surface area (Å²) in [5.74, 6) is 1.53. The molecule has 0 aliphatic heterocycles. The van der Waals surface area contributed by atoms with E-state index in [1.807, 2.05) is 11.6 Å². The summed E-state index contributed by atoms with van der Waals surface area (Å²) in [4.78, 5) is 0. The fraction of sp³-hybridized carbons (Fsp3) is 0.778. The van der Waals surface area contributed by atoms with Gasteiger partial charge in [-0.05, 0) is 11.8 Å². The lowest BCUT2D eigenvalue weighted by Gasteiger charge is -2.16. The van der Waals surface area contributed by atoms with E-state index in [2.05, 4.69) is 31.0 Å². The molecule has 0 spiro atoms. The van der Waals surface area contributed by atoms with E-state index in [1.54, 1.807) is 11.8 Å². The van der Waals surface area contributed by atoms with Gasteiger partial charge in [0.15, 0.2) is 5.16 Å². The number of thioether (sulfide) groups is 1. The van der Waals surface area contributed by atoms with Gasteiger partial charge in [0.1, 0.15) is 0 Å². The first-order valence-electron chi connectivity index (χ1n) is 4.68. The molecular weight excluding hydrogens is 196 g/mol. The van der Waals surface area contributed by atoms with Gasteiger partial charge in [-0.15, -0.1) is 10.2 Å². The van der Waals surface area contributed by atoms with Gasteiger partial charge in [0.05, 0.1) is 0 Å². The fourth-order valence-corrected chi connectivity index (χ4v) is 2.18. The van der Waals surface area contributed by atoms with Crippen LogP contribution in [-0.2, 0) is 7.05 Å². The maximum absolute atomic E-state index is 5.57. The molecule has 0 aromatic carbocycles. The summed E-state index contributed by atoms with van der Waals surface area (Å²) in [6.07, 6.45) is 1.16. The van der Waals surface area contributed by atoms with Crippen molar-refractivity contribution in [3.8, 4) is 0 Å². The predicted octanol–water partition coefficient (Wildman–Crippen LogP) is 1.93. The number of nitrogen functional groups attached to an aromatic ring is 1. The Hall–Kier alpha value is -0.710. The highest BCUT2D eigenvalue weighted by Crippen LogP contribution is 2.24. The molecule has 0 aliphatic carbocycles. The second kappa shape index (κ2) is 4.21. The molecule has 1 rings (SSSR count). The van der Waals surface area contributed by atoms with Crippen LogP contribution in [0.15, 0.2) is 5.16 Å². The topological polar surface area (TPSA) is 56.7 Å². The van der Waals surface area contributed by atoms with Crippen LogP contribution in [0.1, 0.15) is 27.2 Å². The van der Waals surface area contributed by atoms with Crippen molar-refractivity contribution in [2.75, 3.05) is 11.5 Å². The van der Waals surface area contributed by atoms with Crippen molar-refractivity contribution in [3.05, 3.63) is 0 Å². The Balaban J connectivity index is 2.43. The molecule has 0 saturated carbocycles. The minimum absolute atomic E-state index is 0.372. The lowest BCUT2D eigenvalue weighted by molar-refractivity contribution is 0.401. The summed E-state index contributed by atoms with van der Waals surface area (Å²) in [6, 6.07) is 0. The fourth-order valence-electron chi connectivity index (χ4n) is 0.900. The standard InChI is InChI=1S/C9H18N4S/c1-9(2,3)5-6-14-8-12-11-7(10)13(8)4/h5-6H2,1-4H3,(H2,10,11). The van der Waals surface area contributed by atoms with Crippen LogP contribution in [0.25, 0.3) is 0 Å². The second-order valence-electron chi connectivity index (χ2n) is 4.56. The number of hydrogen-bond donors (Lipinski definition) is 1. The van der Waals surface area contributed by atoms with Crippen LogP contribution in [0.5, 0.6) is 0 Å². The Bertz CT molecular complexity index is 300. The van der Waals surface area contributed by atoms with Crippen LogP contribution in [-0.4, -0.2) is 20.5 Å². The summed E-state index contributed by atoms with van der Waals surface area (Å²) in [6.45, 7) is 6.70. The lowest BCUT2D eigenvalue weighted by Crippen LogP contribution is -2.06. The third-order valence-corrected chi connectivity index (χ3v) is 2.97. The molecule has 0 aliphatic rings. The highest BCUT2D eigenvalue weighted by Gasteiger charge is 2.11. The molecule has 0 radical (unpaired) electrons. The largest absolute Gasteiger partial charge is 0.368 e. The molecule has 80 valence electrons. The maximum Gasteiger partial charge on any atom is 0.222 e. The number of nitrogens with two attached hydrogens (primary N) is 1. The number of nitrogens with zero attached hydrogens (tertiary/aromatic N) is 3. The van der Waals surface area contributed by atoms with E-state index in [1.165, 1.54) is 0 Å². The van der Waals surface area contributed by atoms with Crippen LogP contribution in [0.4, 0.5) is 5.95 Å². The summed E-state index contributed by atoms with van der Waals surface area (Å²) in [5.41, 5.74) is 5.95. The molecule has 1 aromatic heterocycles. The molecule has 0 atom stereocenters. The number of hydrogen-bond acceptors (Lipinski definition) is 4. The zero-order valence-corrected chi connectivity index (χ0v) is 10.1. The van der Waals surface area contributed by atoms with Crippen molar-refractivity contribution in [2.24, 2.45) is 12.5 Å². The molecule has 0 amide bonds. The molecule has 0 bridgehead atoms. The molecule has 5 heteroatoms. The van der Waals surface area contributed by atoms with Gasteiger partial charge in [-0.2, -0.15) is 0 Å². The third kappa shape index (κ3) is 3.21. The second-order valence-corrected chi connectivity index (χ2v) is 5.62. The zero-order chi connectivity index (χ0) is 10.8. The average Bonchev–Trinajstić information content (AvgIpc) is 2.33. The van der Waals surface area contributed by atoms with Crippen LogP contribution in [0.3, 0.4) is 0 Å². The number of anilines is 1. The monoisotopic (exact) mass is 214 g/mol.